The number of carbonyl (C=O) groups excluding carboxylic acids is 3. The molecule has 0 unspecified atom stereocenters. The maximum absolute atomic E-state index is 13.6. The molecule has 3 N–H and O–H groups in total. The molecule has 11 heteroatoms. The van der Waals surface area contributed by atoms with Crippen molar-refractivity contribution in [2.45, 2.75) is 104 Å². The number of rotatable bonds is 14. The van der Waals surface area contributed by atoms with E-state index in [-0.39, 0.29) is 36.2 Å². The maximum atomic E-state index is 13.6. The van der Waals surface area contributed by atoms with Crippen LogP contribution in [0.5, 0.6) is 0 Å². The molecule has 4 amide bonds. The third-order valence-electron chi connectivity index (χ3n) is 9.06. The van der Waals surface area contributed by atoms with E-state index in [4.69, 9.17) is 0 Å². The summed E-state index contributed by atoms with van der Waals surface area (Å²) in [5.74, 6) is -0.261. The highest BCUT2D eigenvalue weighted by Crippen LogP contribution is 2.28. The topological polar surface area (TPSA) is 124 Å². The second-order valence-electron chi connectivity index (χ2n) is 13.6. The smallest absolute Gasteiger partial charge is 0.407 e. The van der Waals surface area contributed by atoms with Gasteiger partial charge in [0.15, 0.2) is 0 Å². The average Bonchev–Trinajstić information content (AvgIpc) is 3.61. The first kappa shape index (κ1) is 36.0. The number of aryl methyl sites for hydroxylation is 1. The van der Waals surface area contributed by atoms with Crippen LogP contribution in [0.15, 0.2) is 41.8 Å². The van der Waals surface area contributed by atoms with Crippen molar-refractivity contribution in [2.24, 2.45) is 5.92 Å². The first-order chi connectivity index (χ1) is 22.4. The summed E-state index contributed by atoms with van der Waals surface area (Å²) in [5, 5.41) is 17.6. The Morgan fingerprint density at radius 1 is 1.00 bits per heavy atom. The van der Waals surface area contributed by atoms with Crippen molar-refractivity contribution < 1.29 is 24.3 Å². The number of hydrogen-bond acceptors (Lipinski definition) is 5. The quantitative estimate of drug-likeness (QED) is 0.163. The van der Waals surface area contributed by atoms with Crippen LogP contribution >= 0.6 is 11.3 Å². The van der Waals surface area contributed by atoms with Gasteiger partial charge in [-0.2, -0.15) is 0 Å². The number of anilines is 1. The van der Waals surface area contributed by atoms with Crippen molar-refractivity contribution in [1.82, 2.24) is 20.1 Å². The summed E-state index contributed by atoms with van der Waals surface area (Å²) in [5.41, 5.74) is 2.87. The predicted octanol–water partition coefficient (Wildman–Crippen LogP) is 6.81. The van der Waals surface area contributed by atoms with Crippen LogP contribution < -0.4 is 15.5 Å². The third kappa shape index (κ3) is 9.59. The van der Waals surface area contributed by atoms with E-state index in [0.29, 0.717) is 38.2 Å². The number of carbonyl (C=O) groups is 4. The molecule has 2 heterocycles. The van der Waals surface area contributed by atoms with E-state index in [9.17, 15) is 24.3 Å². The van der Waals surface area contributed by atoms with Crippen LogP contribution in [0.3, 0.4) is 0 Å². The first-order valence-corrected chi connectivity index (χ1v) is 17.8. The molecule has 0 aliphatic heterocycles. The molecule has 1 aliphatic rings. The van der Waals surface area contributed by atoms with Crippen molar-refractivity contribution in [1.29, 1.82) is 0 Å². The van der Waals surface area contributed by atoms with Gasteiger partial charge < -0.3 is 30.1 Å². The number of amides is 4. The molecule has 0 bridgehead atoms. The fraction of sp³-hybridized carbons (Fsp3) is 0.556. The van der Waals surface area contributed by atoms with Gasteiger partial charge in [0.25, 0.3) is 5.91 Å². The number of likely N-dealkylation sites (N-methyl/N-ethyl adjacent to an activating group) is 1. The van der Waals surface area contributed by atoms with Gasteiger partial charge in [-0.3, -0.25) is 14.4 Å². The highest BCUT2D eigenvalue weighted by molar-refractivity contribution is 7.17. The zero-order valence-corrected chi connectivity index (χ0v) is 29.3. The number of unbranched alkanes of at least 4 members (excludes halogenated alkanes) is 3. The molecule has 2 aromatic heterocycles. The summed E-state index contributed by atoms with van der Waals surface area (Å²) in [6, 6.07) is 11.7. The second-order valence-corrected chi connectivity index (χ2v) is 14.5. The predicted molar refractivity (Wildman–Crippen MR) is 188 cm³/mol. The molecule has 10 nitrogen and oxygen atoms in total. The minimum Gasteiger partial charge on any atom is -0.465 e. The highest BCUT2D eigenvalue weighted by atomic mass is 32.1. The molecule has 1 fully saturated rings. The Morgan fingerprint density at radius 3 is 2.38 bits per heavy atom. The number of hydrogen-bond donors (Lipinski definition) is 3. The number of nitrogens with one attached hydrogen (secondary N) is 2. The minimum absolute atomic E-state index is 0.0264. The van der Waals surface area contributed by atoms with Crippen LogP contribution in [0.1, 0.15) is 95.1 Å². The lowest BCUT2D eigenvalue weighted by molar-refractivity contribution is -0.126. The fourth-order valence-corrected chi connectivity index (χ4v) is 7.26. The van der Waals surface area contributed by atoms with Crippen molar-refractivity contribution >= 4 is 51.1 Å². The number of nitrogens with zero attached hydrogens (tertiary/aromatic N) is 3. The fourth-order valence-electron chi connectivity index (χ4n) is 6.44. The Morgan fingerprint density at radius 2 is 1.72 bits per heavy atom. The SMILES string of the molecule is CCN(C(=O)Cn1c(C(=O)N[C@H]2CC[C@H](C(=O)NCCCCCCN(C(=O)O)C(C)(C)C)CC2)cc2sccc21)c1cccc(C)c1. The van der Waals surface area contributed by atoms with Gasteiger partial charge in [0, 0.05) is 42.8 Å². The summed E-state index contributed by atoms with van der Waals surface area (Å²) < 4.78 is 2.79. The monoisotopic (exact) mass is 665 g/mol. The van der Waals surface area contributed by atoms with Crippen molar-refractivity contribution in [2.75, 3.05) is 24.5 Å². The van der Waals surface area contributed by atoms with Gasteiger partial charge in [0.2, 0.25) is 11.8 Å². The van der Waals surface area contributed by atoms with Crippen molar-refractivity contribution in [3.63, 3.8) is 0 Å². The Hall–Kier alpha value is -3.86. The third-order valence-corrected chi connectivity index (χ3v) is 9.91. The Labute approximate surface area is 282 Å². The van der Waals surface area contributed by atoms with Crippen molar-refractivity contribution in [3.05, 3.63) is 53.0 Å². The molecular formula is C36H51N5O5S. The molecule has 256 valence electrons. The Kier molecular flexibility index (Phi) is 12.5. The Balaban J connectivity index is 1.23. The summed E-state index contributed by atoms with van der Waals surface area (Å²) in [4.78, 5) is 54.6. The zero-order chi connectivity index (χ0) is 34.1. The van der Waals surface area contributed by atoms with Gasteiger partial charge in [-0.15, -0.1) is 11.3 Å². The summed E-state index contributed by atoms with van der Waals surface area (Å²) >= 11 is 1.55. The van der Waals surface area contributed by atoms with Crippen molar-refractivity contribution in [3.8, 4) is 0 Å². The standard InChI is InChI=1S/C36H51N5O5S/c1-6-39(28-13-11-12-25(2)22-28)32(42)24-40-29-18-21-47-31(29)23-30(40)34(44)38-27-16-14-26(15-17-27)33(43)37-19-9-7-8-10-20-41(35(45)46)36(3,4)5/h11-13,18,21-23,26-27H,6-10,14-17,19-20,24H2,1-5H3,(H,37,43)(H,38,44)(H,45,46)/t26-,27-. The summed E-state index contributed by atoms with van der Waals surface area (Å²) in [6.45, 7) is 11.4. The van der Waals surface area contributed by atoms with Crippen LogP contribution in [0.2, 0.25) is 0 Å². The van der Waals surface area contributed by atoms with Crippen LogP contribution in [-0.4, -0.2) is 69.6 Å². The van der Waals surface area contributed by atoms with Crippen LogP contribution in [0.25, 0.3) is 10.2 Å². The minimum atomic E-state index is -0.891. The van der Waals surface area contributed by atoms with Gasteiger partial charge in [-0.05, 0) is 108 Å². The first-order valence-electron chi connectivity index (χ1n) is 16.9. The van der Waals surface area contributed by atoms with E-state index in [1.807, 2.05) is 81.0 Å². The van der Waals surface area contributed by atoms with Crippen LogP contribution in [0, 0.1) is 12.8 Å². The number of aromatic nitrogens is 1. The van der Waals surface area contributed by atoms with Crippen LogP contribution in [-0.2, 0) is 16.1 Å². The van der Waals surface area contributed by atoms with Gasteiger partial charge in [-0.25, -0.2) is 4.79 Å². The molecular weight excluding hydrogens is 614 g/mol. The van der Waals surface area contributed by atoms with Crippen LogP contribution in [0.4, 0.5) is 10.5 Å². The molecule has 1 aromatic carbocycles. The highest BCUT2D eigenvalue weighted by Gasteiger charge is 2.29. The molecule has 0 spiro atoms. The number of benzene rings is 1. The largest absolute Gasteiger partial charge is 0.465 e. The van der Waals surface area contributed by atoms with E-state index >= 15 is 0 Å². The van der Waals surface area contributed by atoms with E-state index < -0.39 is 11.6 Å². The van der Waals surface area contributed by atoms with Gasteiger partial charge in [0.05, 0.1) is 10.2 Å². The van der Waals surface area contributed by atoms with E-state index in [2.05, 4.69) is 10.6 Å². The van der Waals surface area contributed by atoms with Gasteiger partial charge >= 0.3 is 6.09 Å². The lowest BCUT2D eigenvalue weighted by atomic mass is 9.85. The average molecular weight is 666 g/mol. The maximum Gasteiger partial charge on any atom is 0.407 e. The van der Waals surface area contributed by atoms with Gasteiger partial charge in [-0.1, -0.05) is 25.0 Å². The molecule has 0 atom stereocenters. The van der Waals surface area contributed by atoms with E-state index in [1.165, 1.54) is 4.90 Å². The molecule has 0 saturated heterocycles. The lowest BCUT2D eigenvalue weighted by Gasteiger charge is -2.33. The summed E-state index contributed by atoms with van der Waals surface area (Å²) in [7, 11) is 0. The normalized spacial score (nSPS) is 16.5. The zero-order valence-electron chi connectivity index (χ0n) is 28.5. The molecule has 0 radical (unpaired) electrons. The number of fused-ring (bicyclic) bond motifs is 1. The molecule has 47 heavy (non-hydrogen) atoms. The second kappa shape index (κ2) is 16.3. The number of thiophene rings is 1. The molecule has 4 rings (SSSR count). The molecule has 1 aliphatic carbocycles. The van der Waals surface area contributed by atoms with E-state index in [1.54, 1.807) is 16.2 Å². The van der Waals surface area contributed by atoms with E-state index in [0.717, 1.165) is 60.0 Å². The Bertz CT molecular complexity index is 1530. The number of carboxylic acid groups (broad SMARTS) is 1. The summed E-state index contributed by atoms with van der Waals surface area (Å²) in [6.07, 6.45) is 5.50. The molecule has 3 aromatic rings. The lowest BCUT2D eigenvalue weighted by Crippen LogP contribution is -2.45. The van der Waals surface area contributed by atoms with Gasteiger partial charge in [0.1, 0.15) is 12.2 Å². The molecule has 1 saturated carbocycles.